The molecule has 24 heavy (non-hydrogen) atoms. The smallest absolute Gasteiger partial charge is 0.407 e. The van der Waals surface area contributed by atoms with Crippen LogP contribution in [0.2, 0.25) is 0 Å². The number of nitrogens with zero attached hydrogens (tertiary/aromatic N) is 2. The number of amides is 1. The number of nitrogens with one attached hydrogen (secondary N) is 1. The second-order valence-corrected chi connectivity index (χ2v) is 7.00. The van der Waals surface area contributed by atoms with E-state index in [0.29, 0.717) is 29.6 Å². The summed E-state index contributed by atoms with van der Waals surface area (Å²) in [4.78, 5) is 26.7. The Morgan fingerprint density at radius 2 is 2.17 bits per heavy atom. The van der Waals surface area contributed by atoms with E-state index < -0.39 is 11.8 Å². The fraction of sp³-hybridized carbons (Fsp3) is 0.556. The molecule has 0 radical (unpaired) electrons. The molecule has 1 aliphatic rings. The number of oxazole rings is 1. The van der Waals surface area contributed by atoms with Gasteiger partial charge in [0.15, 0.2) is 5.58 Å². The van der Waals surface area contributed by atoms with Gasteiger partial charge in [0.1, 0.15) is 0 Å². The molecule has 1 aliphatic heterocycles. The number of piperidine rings is 1. The second-order valence-electron chi connectivity index (χ2n) is 7.00. The summed E-state index contributed by atoms with van der Waals surface area (Å²) >= 11 is 0. The summed E-state index contributed by atoms with van der Waals surface area (Å²) in [5, 5.41) is 2.76. The average molecular weight is 331 g/mol. The van der Waals surface area contributed by atoms with Crippen molar-refractivity contribution in [3.63, 3.8) is 0 Å². The van der Waals surface area contributed by atoms with Crippen LogP contribution in [0.3, 0.4) is 0 Å². The van der Waals surface area contributed by atoms with E-state index in [-0.39, 0.29) is 0 Å². The van der Waals surface area contributed by atoms with E-state index >= 15 is 0 Å². The molecule has 0 saturated carbocycles. The lowest BCUT2D eigenvalue weighted by molar-refractivity contribution is 0.187. The molecular weight excluding hydrogens is 306 g/mol. The molecule has 1 atom stereocenters. The lowest BCUT2D eigenvalue weighted by atomic mass is 9.96. The summed E-state index contributed by atoms with van der Waals surface area (Å²) in [7, 11) is 2.12. The Kier molecular flexibility index (Phi) is 4.76. The molecule has 0 spiro atoms. The summed E-state index contributed by atoms with van der Waals surface area (Å²) in [6.07, 6.45) is 3.52. The van der Waals surface area contributed by atoms with Crippen LogP contribution < -0.4 is 11.1 Å². The lowest BCUT2D eigenvalue weighted by Crippen LogP contribution is -2.36. The lowest BCUT2D eigenvalue weighted by Gasteiger charge is -2.32. The molecule has 6 nitrogen and oxygen atoms in total. The number of fused-ring (bicyclic) bond motifs is 1. The van der Waals surface area contributed by atoms with Gasteiger partial charge in [0, 0.05) is 12.6 Å². The van der Waals surface area contributed by atoms with E-state index in [1.807, 2.05) is 32.0 Å². The zero-order valence-corrected chi connectivity index (χ0v) is 14.5. The van der Waals surface area contributed by atoms with Gasteiger partial charge < -0.3 is 9.73 Å². The van der Waals surface area contributed by atoms with Crippen molar-refractivity contribution in [1.29, 1.82) is 0 Å². The molecule has 2 aromatic rings. The van der Waals surface area contributed by atoms with Gasteiger partial charge in [-0.05, 0) is 50.0 Å². The molecule has 2 heterocycles. The number of rotatable bonds is 3. The molecular formula is C18H25N3O3. The first-order valence-electron chi connectivity index (χ1n) is 8.61. The highest BCUT2D eigenvalue weighted by atomic mass is 16.4. The molecule has 1 unspecified atom stereocenters. The van der Waals surface area contributed by atoms with Crippen molar-refractivity contribution < 1.29 is 9.21 Å². The maximum Gasteiger partial charge on any atom is 0.428 e. The number of aromatic nitrogens is 1. The fourth-order valence-corrected chi connectivity index (χ4v) is 3.30. The summed E-state index contributed by atoms with van der Waals surface area (Å²) in [6, 6.07) is 5.61. The van der Waals surface area contributed by atoms with Crippen LogP contribution in [-0.4, -0.2) is 35.6 Å². The van der Waals surface area contributed by atoms with Crippen molar-refractivity contribution in [2.75, 3.05) is 20.1 Å². The molecule has 1 amide bonds. The first kappa shape index (κ1) is 16.8. The Morgan fingerprint density at radius 3 is 2.88 bits per heavy atom. The quantitative estimate of drug-likeness (QED) is 0.939. The first-order valence-corrected chi connectivity index (χ1v) is 8.61. The van der Waals surface area contributed by atoms with Crippen molar-refractivity contribution in [3.8, 4) is 0 Å². The van der Waals surface area contributed by atoms with Crippen LogP contribution in [0, 0.1) is 5.92 Å². The minimum absolute atomic E-state index is 0.316. The maximum absolute atomic E-state index is 12.3. The molecule has 0 aliphatic carbocycles. The van der Waals surface area contributed by atoms with E-state index in [0.717, 1.165) is 23.1 Å². The largest absolute Gasteiger partial charge is 0.428 e. The van der Waals surface area contributed by atoms with Crippen molar-refractivity contribution in [2.45, 2.75) is 39.2 Å². The first-order chi connectivity index (χ1) is 11.5. The molecule has 6 heteroatoms. The SMILES string of the molecule is CC(C)CNC(=O)n1c(=O)oc2cc(C3CCCCN3C)ccc21. The minimum atomic E-state index is -0.639. The highest BCUT2D eigenvalue weighted by Crippen LogP contribution is 2.31. The summed E-state index contributed by atoms with van der Waals surface area (Å²) in [6.45, 7) is 5.60. The zero-order valence-electron chi connectivity index (χ0n) is 14.5. The predicted molar refractivity (Wildman–Crippen MR) is 93.3 cm³/mol. The Hall–Kier alpha value is -2.08. The number of carbonyl (C=O) groups is 1. The van der Waals surface area contributed by atoms with Crippen molar-refractivity contribution in [2.24, 2.45) is 5.92 Å². The van der Waals surface area contributed by atoms with Gasteiger partial charge in [-0.1, -0.05) is 26.3 Å². The van der Waals surface area contributed by atoms with Crippen LogP contribution in [0.1, 0.15) is 44.7 Å². The van der Waals surface area contributed by atoms with Crippen LogP contribution in [0.25, 0.3) is 11.1 Å². The number of hydrogen-bond donors (Lipinski definition) is 1. The van der Waals surface area contributed by atoms with Gasteiger partial charge in [-0.3, -0.25) is 4.90 Å². The van der Waals surface area contributed by atoms with Crippen molar-refractivity contribution in [3.05, 3.63) is 34.3 Å². The second kappa shape index (κ2) is 6.81. The molecule has 1 saturated heterocycles. The number of likely N-dealkylation sites (tertiary alicyclic amines) is 1. The van der Waals surface area contributed by atoms with E-state index in [1.165, 1.54) is 12.8 Å². The zero-order chi connectivity index (χ0) is 17.3. The standard InChI is InChI=1S/C18H25N3O3/c1-12(2)11-19-17(22)21-15-8-7-13(10-16(15)24-18(21)23)14-6-4-5-9-20(14)3/h7-8,10,12,14H,4-6,9,11H2,1-3H3,(H,19,22). The van der Waals surface area contributed by atoms with Gasteiger partial charge in [-0.2, -0.15) is 4.57 Å². The maximum atomic E-state index is 12.3. The Balaban J connectivity index is 1.92. The molecule has 1 aromatic carbocycles. The van der Waals surface area contributed by atoms with Crippen molar-refractivity contribution in [1.82, 2.24) is 14.8 Å². The van der Waals surface area contributed by atoms with Gasteiger partial charge in [0.05, 0.1) is 5.52 Å². The van der Waals surface area contributed by atoms with Crippen LogP contribution in [0.5, 0.6) is 0 Å². The molecule has 3 rings (SSSR count). The Bertz CT molecular complexity index is 790. The van der Waals surface area contributed by atoms with Crippen molar-refractivity contribution >= 4 is 17.1 Å². The molecule has 1 fully saturated rings. The highest BCUT2D eigenvalue weighted by molar-refractivity contribution is 5.88. The molecule has 1 aromatic heterocycles. The van der Waals surface area contributed by atoms with Crippen LogP contribution in [0.4, 0.5) is 4.79 Å². The topological polar surface area (TPSA) is 67.5 Å². The van der Waals surface area contributed by atoms with E-state index in [2.05, 4.69) is 17.3 Å². The summed E-state index contributed by atoms with van der Waals surface area (Å²) in [5.74, 6) is -0.323. The molecule has 130 valence electrons. The normalized spacial score (nSPS) is 19.1. The van der Waals surface area contributed by atoms with Crippen LogP contribution >= 0.6 is 0 Å². The van der Waals surface area contributed by atoms with Crippen LogP contribution in [0.15, 0.2) is 27.4 Å². The predicted octanol–water partition coefficient (Wildman–Crippen LogP) is 2.97. The summed E-state index contributed by atoms with van der Waals surface area (Å²) in [5.41, 5.74) is 2.12. The fourth-order valence-electron chi connectivity index (χ4n) is 3.30. The van der Waals surface area contributed by atoms with Gasteiger partial charge in [0.25, 0.3) is 0 Å². The highest BCUT2D eigenvalue weighted by Gasteiger charge is 2.23. The number of hydrogen-bond acceptors (Lipinski definition) is 4. The van der Waals surface area contributed by atoms with Crippen LogP contribution in [-0.2, 0) is 0 Å². The van der Waals surface area contributed by atoms with E-state index in [1.54, 1.807) is 0 Å². The van der Waals surface area contributed by atoms with Gasteiger partial charge in [-0.25, -0.2) is 9.59 Å². The monoisotopic (exact) mass is 331 g/mol. The van der Waals surface area contributed by atoms with Gasteiger partial charge in [0.2, 0.25) is 0 Å². The Labute approximate surface area is 141 Å². The van der Waals surface area contributed by atoms with E-state index in [4.69, 9.17) is 4.42 Å². The minimum Gasteiger partial charge on any atom is -0.407 e. The number of benzene rings is 1. The number of carbonyl (C=O) groups excluding carboxylic acids is 1. The average Bonchev–Trinajstić information content (AvgIpc) is 2.88. The van der Waals surface area contributed by atoms with E-state index in [9.17, 15) is 9.59 Å². The third-order valence-corrected chi connectivity index (χ3v) is 4.62. The third-order valence-electron chi connectivity index (χ3n) is 4.62. The molecule has 0 bridgehead atoms. The Morgan fingerprint density at radius 1 is 1.38 bits per heavy atom. The third kappa shape index (κ3) is 3.24. The summed E-state index contributed by atoms with van der Waals surface area (Å²) < 4.78 is 6.40. The molecule has 1 N–H and O–H groups in total. The van der Waals surface area contributed by atoms with Gasteiger partial charge in [-0.15, -0.1) is 0 Å². The van der Waals surface area contributed by atoms with Gasteiger partial charge >= 0.3 is 11.8 Å².